The van der Waals surface area contributed by atoms with Crippen LogP contribution >= 0.6 is 11.8 Å². The summed E-state index contributed by atoms with van der Waals surface area (Å²) in [6, 6.07) is 3.49. The van der Waals surface area contributed by atoms with E-state index in [9.17, 15) is 4.79 Å². The van der Waals surface area contributed by atoms with Crippen LogP contribution in [0.25, 0.3) is 5.65 Å². The van der Waals surface area contributed by atoms with Gasteiger partial charge in [-0.15, -0.1) is 0 Å². The van der Waals surface area contributed by atoms with E-state index >= 15 is 0 Å². The zero-order valence-electron chi connectivity index (χ0n) is 10.00. The number of fused-ring (bicyclic) bond motifs is 1. The summed E-state index contributed by atoms with van der Waals surface area (Å²) in [6.45, 7) is 0. The Morgan fingerprint density at radius 3 is 3.22 bits per heavy atom. The van der Waals surface area contributed by atoms with Crippen LogP contribution in [0.5, 0.6) is 0 Å². The highest BCUT2D eigenvalue weighted by Crippen LogP contribution is 2.30. The highest BCUT2D eigenvalue weighted by Gasteiger charge is 2.23. The molecule has 3 rings (SSSR count). The molecule has 0 aliphatic carbocycles. The van der Waals surface area contributed by atoms with Crippen LogP contribution in [0.15, 0.2) is 18.3 Å². The fraction of sp³-hybridized carbons (Fsp3) is 0.417. The zero-order chi connectivity index (χ0) is 12.5. The Hall–Kier alpha value is -1.56. The first kappa shape index (κ1) is 11.5. The van der Waals surface area contributed by atoms with E-state index < -0.39 is 0 Å². The van der Waals surface area contributed by atoms with Crippen LogP contribution in [0.2, 0.25) is 0 Å². The number of pyridine rings is 1. The average Bonchev–Trinajstić information content (AvgIpc) is 3.04. The van der Waals surface area contributed by atoms with Crippen molar-refractivity contribution in [3.05, 3.63) is 29.7 Å². The van der Waals surface area contributed by atoms with Crippen LogP contribution in [-0.2, 0) is 4.74 Å². The molecule has 1 aliphatic rings. The number of esters is 1. The van der Waals surface area contributed by atoms with Crippen molar-refractivity contribution in [1.29, 1.82) is 0 Å². The molecular formula is C12H13N3O2S. The predicted molar refractivity (Wildman–Crippen MR) is 69.0 cm³/mol. The molecule has 3 heterocycles. The third-order valence-electron chi connectivity index (χ3n) is 3.08. The Kier molecular flexibility index (Phi) is 2.95. The summed E-state index contributed by atoms with van der Waals surface area (Å²) < 4.78 is 6.41. The quantitative estimate of drug-likeness (QED) is 0.772. The molecule has 5 nitrogen and oxygen atoms in total. The first-order valence-corrected chi connectivity index (χ1v) is 6.96. The van der Waals surface area contributed by atoms with Crippen molar-refractivity contribution < 1.29 is 9.53 Å². The predicted octanol–water partition coefficient (Wildman–Crippen LogP) is 1.74. The van der Waals surface area contributed by atoms with Gasteiger partial charge in [-0.25, -0.2) is 14.3 Å². The molecule has 0 saturated carbocycles. The van der Waals surface area contributed by atoms with Crippen LogP contribution in [0.1, 0.15) is 28.5 Å². The van der Waals surface area contributed by atoms with Gasteiger partial charge in [-0.1, -0.05) is 0 Å². The van der Waals surface area contributed by atoms with Gasteiger partial charge in [0.25, 0.3) is 0 Å². The first-order chi connectivity index (χ1) is 8.79. The second-order valence-electron chi connectivity index (χ2n) is 4.21. The van der Waals surface area contributed by atoms with Gasteiger partial charge in [0, 0.05) is 17.9 Å². The summed E-state index contributed by atoms with van der Waals surface area (Å²) in [5.74, 6) is 3.08. The molecule has 1 aliphatic heterocycles. The van der Waals surface area contributed by atoms with E-state index in [1.807, 2.05) is 11.8 Å². The van der Waals surface area contributed by atoms with Crippen molar-refractivity contribution >= 4 is 23.4 Å². The van der Waals surface area contributed by atoms with Gasteiger partial charge in [-0.2, -0.15) is 16.9 Å². The van der Waals surface area contributed by atoms with Gasteiger partial charge in [0.15, 0.2) is 11.5 Å². The van der Waals surface area contributed by atoms with E-state index in [1.165, 1.54) is 7.11 Å². The molecule has 0 N–H and O–H groups in total. The molecule has 1 atom stereocenters. The molecule has 0 spiro atoms. The van der Waals surface area contributed by atoms with E-state index in [0.717, 1.165) is 23.8 Å². The lowest BCUT2D eigenvalue weighted by Gasteiger charge is -1.99. The summed E-state index contributed by atoms with van der Waals surface area (Å²) in [4.78, 5) is 16.2. The third kappa shape index (κ3) is 1.86. The van der Waals surface area contributed by atoms with Gasteiger partial charge in [0.05, 0.1) is 7.11 Å². The third-order valence-corrected chi connectivity index (χ3v) is 4.24. The molecular weight excluding hydrogens is 250 g/mol. The monoisotopic (exact) mass is 263 g/mol. The zero-order valence-corrected chi connectivity index (χ0v) is 10.8. The summed E-state index contributed by atoms with van der Waals surface area (Å²) in [5.41, 5.74) is 1.04. The van der Waals surface area contributed by atoms with Crippen LogP contribution in [-0.4, -0.2) is 39.2 Å². The molecule has 2 aromatic rings. The number of methoxy groups -OCH3 is 1. The molecule has 94 valence electrons. The van der Waals surface area contributed by atoms with Crippen molar-refractivity contribution in [3.63, 3.8) is 0 Å². The molecule has 18 heavy (non-hydrogen) atoms. The van der Waals surface area contributed by atoms with Crippen LogP contribution in [0, 0.1) is 0 Å². The first-order valence-electron chi connectivity index (χ1n) is 5.81. The smallest absolute Gasteiger partial charge is 0.341 e. The molecule has 1 saturated heterocycles. The standard InChI is InChI=1S/C12H13N3O2S/c1-17-12(16)9-3-2-5-15-11(9)13-10(14-15)8-4-6-18-7-8/h2-3,5,8H,4,6-7H2,1H3. The number of hydrogen-bond acceptors (Lipinski definition) is 5. The Balaban J connectivity index is 2.08. The van der Waals surface area contributed by atoms with Crippen molar-refractivity contribution in [2.75, 3.05) is 18.6 Å². The number of aromatic nitrogens is 3. The van der Waals surface area contributed by atoms with Gasteiger partial charge in [-0.05, 0) is 24.3 Å². The maximum atomic E-state index is 11.7. The highest BCUT2D eigenvalue weighted by molar-refractivity contribution is 7.99. The lowest BCUT2D eigenvalue weighted by Crippen LogP contribution is -2.04. The Bertz CT molecular complexity index is 590. The van der Waals surface area contributed by atoms with Crippen molar-refractivity contribution in [2.24, 2.45) is 0 Å². The van der Waals surface area contributed by atoms with E-state index in [0.29, 0.717) is 17.1 Å². The van der Waals surface area contributed by atoms with Gasteiger partial charge in [-0.3, -0.25) is 0 Å². The maximum Gasteiger partial charge on any atom is 0.341 e. The van der Waals surface area contributed by atoms with Crippen LogP contribution in [0.4, 0.5) is 0 Å². The summed E-state index contributed by atoms with van der Waals surface area (Å²) in [7, 11) is 1.37. The number of nitrogens with zero attached hydrogens (tertiary/aromatic N) is 3. The number of carbonyl (C=O) groups is 1. The second kappa shape index (κ2) is 4.61. The molecule has 2 aromatic heterocycles. The molecule has 0 amide bonds. The van der Waals surface area contributed by atoms with E-state index in [4.69, 9.17) is 4.74 Å². The average molecular weight is 263 g/mol. The number of hydrogen-bond donors (Lipinski definition) is 0. The molecule has 0 bridgehead atoms. The van der Waals surface area contributed by atoms with Crippen molar-refractivity contribution in [3.8, 4) is 0 Å². The fourth-order valence-corrected chi connectivity index (χ4v) is 3.32. The molecule has 1 unspecified atom stereocenters. The molecule has 0 aromatic carbocycles. The minimum atomic E-state index is -0.375. The molecule has 6 heteroatoms. The summed E-state index contributed by atoms with van der Waals surface area (Å²) >= 11 is 1.92. The number of ether oxygens (including phenoxy) is 1. The van der Waals surface area contributed by atoms with E-state index in [1.54, 1.807) is 22.8 Å². The van der Waals surface area contributed by atoms with E-state index in [2.05, 4.69) is 10.1 Å². The van der Waals surface area contributed by atoms with Crippen molar-refractivity contribution in [1.82, 2.24) is 14.6 Å². The Morgan fingerprint density at radius 2 is 2.50 bits per heavy atom. The van der Waals surface area contributed by atoms with E-state index in [-0.39, 0.29) is 5.97 Å². The fourth-order valence-electron chi connectivity index (χ4n) is 2.10. The summed E-state index contributed by atoms with van der Waals surface area (Å²) in [6.07, 6.45) is 2.91. The molecule has 0 radical (unpaired) electrons. The van der Waals surface area contributed by atoms with Crippen LogP contribution in [0.3, 0.4) is 0 Å². The Labute approximate surface area is 109 Å². The Morgan fingerprint density at radius 1 is 1.61 bits per heavy atom. The lowest BCUT2D eigenvalue weighted by atomic mass is 10.1. The lowest BCUT2D eigenvalue weighted by molar-refractivity contribution is 0.0602. The highest BCUT2D eigenvalue weighted by atomic mass is 32.2. The van der Waals surface area contributed by atoms with Gasteiger partial charge < -0.3 is 4.74 Å². The molecule has 1 fully saturated rings. The topological polar surface area (TPSA) is 56.5 Å². The number of thioether (sulfide) groups is 1. The SMILES string of the molecule is COC(=O)c1cccn2nc(C3CCSC3)nc12. The van der Waals surface area contributed by atoms with Gasteiger partial charge >= 0.3 is 5.97 Å². The van der Waals surface area contributed by atoms with Gasteiger partial charge in [0.2, 0.25) is 0 Å². The minimum absolute atomic E-state index is 0.375. The number of carbonyl (C=O) groups excluding carboxylic acids is 1. The van der Waals surface area contributed by atoms with Crippen LogP contribution < -0.4 is 0 Å². The second-order valence-corrected chi connectivity index (χ2v) is 5.36. The summed E-state index contributed by atoms with van der Waals surface area (Å²) in [5, 5.41) is 4.46. The minimum Gasteiger partial charge on any atom is -0.465 e. The largest absolute Gasteiger partial charge is 0.465 e. The number of rotatable bonds is 2. The maximum absolute atomic E-state index is 11.7. The normalized spacial score (nSPS) is 19.3. The van der Waals surface area contributed by atoms with Crippen molar-refractivity contribution in [2.45, 2.75) is 12.3 Å². The van der Waals surface area contributed by atoms with Gasteiger partial charge in [0.1, 0.15) is 5.56 Å².